The molecule has 1 heterocycles. The molecule has 1 N–H and O–H groups in total. The minimum atomic E-state index is 0.764. The van der Waals surface area contributed by atoms with Crippen molar-refractivity contribution < 1.29 is 0 Å². The van der Waals surface area contributed by atoms with Crippen LogP contribution in [0.2, 0.25) is 5.02 Å². The van der Waals surface area contributed by atoms with Crippen LogP contribution in [0.25, 0.3) is 0 Å². The van der Waals surface area contributed by atoms with Crippen molar-refractivity contribution in [2.24, 2.45) is 0 Å². The minimum Gasteiger partial charge on any atom is -0.309 e. The number of hydrogen-bond donors (Lipinski definition) is 1. The predicted octanol–water partition coefficient (Wildman–Crippen LogP) is 2.42. The molecule has 1 aromatic heterocycles. The summed E-state index contributed by atoms with van der Waals surface area (Å²) in [6.07, 6.45) is 5.15. The minimum absolute atomic E-state index is 0.764. The number of nitrogens with one attached hydrogen (secondary N) is 1. The molecule has 82 valence electrons. The van der Waals surface area contributed by atoms with E-state index in [1.807, 2.05) is 36.7 Å². The third-order valence-electron chi connectivity index (χ3n) is 2.19. The van der Waals surface area contributed by atoms with Crippen molar-refractivity contribution in [1.82, 2.24) is 15.3 Å². The summed E-state index contributed by atoms with van der Waals surface area (Å²) in [4.78, 5) is 7.91. The summed E-state index contributed by atoms with van der Waals surface area (Å²) < 4.78 is 0. The molecule has 0 unspecified atom stereocenters. The molecule has 4 heteroatoms. The van der Waals surface area contributed by atoms with E-state index in [1.54, 1.807) is 0 Å². The standard InChI is InChI=1S/C12H12ClN3/c13-12-3-1-10(2-4-12)5-14-6-11-7-15-9-16-8-11/h1-4,7-9,14H,5-6H2. The van der Waals surface area contributed by atoms with E-state index in [9.17, 15) is 0 Å². The molecule has 0 saturated heterocycles. The van der Waals surface area contributed by atoms with E-state index in [0.29, 0.717) is 0 Å². The van der Waals surface area contributed by atoms with Gasteiger partial charge in [0.1, 0.15) is 6.33 Å². The molecule has 0 bridgehead atoms. The topological polar surface area (TPSA) is 37.8 Å². The zero-order chi connectivity index (χ0) is 11.2. The van der Waals surface area contributed by atoms with Crippen LogP contribution in [0.4, 0.5) is 0 Å². The lowest BCUT2D eigenvalue weighted by Crippen LogP contribution is -2.12. The molecule has 3 nitrogen and oxygen atoms in total. The lowest BCUT2D eigenvalue weighted by atomic mass is 10.2. The number of aromatic nitrogens is 2. The van der Waals surface area contributed by atoms with Crippen LogP contribution in [0.5, 0.6) is 0 Å². The van der Waals surface area contributed by atoms with E-state index >= 15 is 0 Å². The Bertz CT molecular complexity index is 428. The highest BCUT2D eigenvalue weighted by Gasteiger charge is 1.94. The lowest BCUT2D eigenvalue weighted by molar-refractivity contribution is 0.689. The van der Waals surface area contributed by atoms with Gasteiger partial charge < -0.3 is 5.32 Å². The molecule has 0 atom stereocenters. The summed E-state index contributed by atoms with van der Waals surface area (Å²) in [5, 5.41) is 4.08. The average Bonchev–Trinajstić information content (AvgIpc) is 2.33. The molecule has 0 aliphatic rings. The van der Waals surface area contributed by atoms with Crippen molar-refractivity contribution in [2.75, 3.05) is 0 Å². The molecule has 0 spiro atoms. The van der Waals surface area contributed by atoms with Crippen LogP contribution in [0, 0.1) is 0 Å². The van der Waals surface area contributed by atoms with Gasteiger partial charge in [-0.1, -0.05) is 23.7 Å². The molecule has 2 aromatic rings. The third kappa shape index (κ3) is 3.29. The van der Waals surface area contributed by atoms with Gasteiger partial charge in [-0.3, -0.25) is 0 Å². The van der Waals surface area contributed by atoms with Gasteiger partial charge in [0, 0.05) is 36.1 Å². The Balaban J connectivity index is 1.82. The Labute approximate surface area is 99.5 Å². The SMILES string of the molecule is Clc1ccc(CNCc2cncnc2)cc1. The molecule has 0 aliphatic heterocycles. The van der Waals surface area contributed by atoms with Crippen LogP contribution < -0.4 is 5.32 Å². The second-order valence-corrected chi connectivity index (χ2v) is 3.91. The molecular weight excluding hydrogens is 222 g/mol. The van der Waals surface area contributed by atoms with Crippen molar-refractivity contribution in [3.8, 4) is 0 Å². The van der Waals surface area contributed by atoms with Gasteiger partial charge in [-0.2, -0.15) is 0 Å². The van der Waals surface area contributed by atoms with E-state index in [2.05, 4.69) is 15.3 Å². The Kier molecular flexibility index (Phi) is 3.86. The molecule has 0 saturated carbocycles. The number of halogens is 1. The van der Waals surface area contributed by atoms with Crippen LogP contribution in [0.1, 0.15) is 11.1 Å². The van der Waals surface area contributed by atoms with E-state index in [0.717, 1.165) is 23.7 Å². The summed E-state index contributed by atoms with van der Waals surface area (Å²) in [5.74, 6) is 0. The summed E-state index contributed by atoms with van der Waals surface area (Å²) in [5.41, 5.74) is 2.29. The van der Waals surface area contributed by atoms with Crippen LogP contribution in [-0.4, -0.2) is 9.97 Å². The van der Waals surface area contributed by atoms with E-state index in [1.165, 1.54) is 11.9 Å². The molecule has 0 aliphatic carbocycles. The summed E-state index contributed by atoms with van der Waals surface area (Å²) >= 11 is 5.80. The normalized spacial score (nSPS) is 10.3. The molecule has 16 heavy (non-hydrogen) atoms. The van der Waals surface area contributed by atoms with Crippen LogP contribution in [0.15, 0.2) is 43.0 Å². The molecule has 0 fully saturated rings. The fourth-order valence-corrected chi connectivity index (χ4v) is 1.50. The van der Waals surface area contributed by atoms with Crippen LogP contribution >= 0.6 is 11.6 Å². The first-order chi connectivity index (χ1) is 7.84. The first kappa shape index (κ1) is 11.0. The maximum absolute atomic E-state index is 5.80. The highest BCUT2D eigenvalue weighted by atomic mass is 35.5. The van der Waals surface area contributed by atoms with E-state index in [-0.39, 0.29) is 0 Å². The second kappa shape index (κ2) is 5.58. The molecular formula is C12H12ClN3. The predicted molar refractivity (Wildman–Crippen MR) is 64.0 cm³/mol. The van der Waals surface area contributed by atoms with Crippen LogP contribution in [0.3, 0.4) is 0 Å². The Morgan fingerprint density at radius 3 is 2.25 bits per heavy atom. The quantitative estimate of drug-likeness (QED) is 0.882. The Hall–Kier alpha value is -1.45. The van der Waals surface area contributed by atoms with Crippen molar-refractivity contribution in [3.63, 3.8) is 0 Å². The van der Waals surface area contributed by atoms with Crippen molar-refractivity contribution in [3.05, 3.63) is 59.1 Å². The zero-order valence-electron chi connectivity index (χ0n) is 8.73. The number of rotatable bonds is 4. The first-order valence-corrected chi connectivity index (χ1v) is 5.41. The average molecular weight is 234 g/mol. The van der Waals surface area contributed by atoms with E-state index < -0.39 is 0 Å². The summed E-state index contributed by atoms with van der Waals surface area (Å²) in [6.45, 7) is 1.58. The molecule has 0 amide bonds. The monoisotopic (exact) mass is 233 g/mol. The van der Waals surface area contributed by atoms with Gasteiger partial charge >= 0.3 is 0 Å². The highest BCUT2D eigenvalue weighted by molar-refractivity contribution is 6.30. The van der Waals surface area contributed by atoms with Gasteiger partial charge in [-0.15, -0.1) is 0 Å². The van der Waals surface area contributed by atoms with Gasteiger partial charge in [0.15, 0.2) is 0 Å². The van der Waals surface area contributed by atoms with Gasteiger partial charge in [0.2, 0.25) is 0 Å². The highest BCUT2D eigenvalue weighted by Crippen LogP contribution is 2.09. The van der Waals surface area contributed by atoms with Crippen LogP contribution in [-0.2, 0) is 13.1 Å². The summed E-state index contributed by atoms with van der Waals surface area (Å²) in [6, 6.07) is 7.81. The molecule has 2 rings (SSSR count). The maximum atomic E-state index is 5.80. The molecule has 1 aromatic carbocycles. The maximum Gasteiger partial charge on any atom is 0.115 e. The smallest absolute Gasteiger partial charge is 0.115 e. The number of hydrogen-bond acceptors (Lipinski definition) is 3. The van der Waals surface area contributed by atoms with E-state index in [4.69, 9.17) is 11.6 Å². The Morgan fingerprint density at radius 2 is 1.56 bits per heavy atom. The van der Waals surface area contributed by atoms with Gasteiger partial charge in [-0.05, 0) is 17.7 Å². The first-order valence-electron chi connectivity index (χ1n) is 5.03. The number of nitrogens with zero attached hydrogens (tertiary/aromatic N) is 2. The lowest BCUT2D eigenvalue weighted by Gasteiger charge is -2.04. The van der Waals surface area contributed by atoms with Gasteiger partial charge in [-0.25, -0.2) is 9.97 Å². The fourth-order valence-electron chi connectivity index (χ4n) is 1.37. The van der Waals surface area contributed by atoms with Crippen molar-refractivity contribution in [1.29, 1.82) is 0 Å². The van der Waals surface area contributed by atoms with Gasteiger partial charge in [0.05, 0.1) is 0 Å². The molecule has 0 radical (unpaired) electrons. The Morgan fingerprint density at radius 1 is 0.938 bits per heavy atom. The third-order valence-corrected chi connectivity index (χ3v) is 2.44. The summed E-state index contributed by atoms with van der Waals surface area (Å²) in [7, 11) is 0. The zero-order valence-corrected chi connectivity index (χ0v) is 9.48. The van der Waals surface area contributed by atoms with Crippen molar-refractivity contribution >= 4 is 11.6 Å². The second-order valence-electron chi connectivity index (χ2n) is 3.48. The number of benzene rings is 1. The van der Waals surface area contributed by atoms with Crippen molar-refractivity contribution in [2.45, 2.75) is 13.1 Å². The fraction of sp³-hybridized carbons (Fsp3) is 0.167. The largest absolute Gasteiger partial charge is 0.309 e. The van der Waals surface area contributed by atoms with Gasteiger partial charge in [0.25, 0.3) is 0 Å².